The van der Waals surface area contributed by atoms with Crippen LogP contribution in [0.2, 0.25) is 0 Å². The van der Waals surface area contributed by atoms with Gasteiger partial charge in [-0.25, -0.2) is 4.39 Å². The molecular formula is C13H14FN3O. The van der Waals surface area contributed by atoms with E-state index in [1.165, 1.54) is 12.1 Å². The maximum Gasteiger partial charge on any atom is 0.241 e. The van der Waals surface area contributed by atoms with Gasteiger partial charge in [0.05, 0.1) is 17.3 Å². The summed E-state index contributed by atoms with van der Waals surface area (Å²) < 4.78 is 13.0. The Morgan fingerprint density at radius 3 is 3.00 bits per heavy atom. The van der Waals surface area contributed by atoms with E-state index in [1.807, 2.05) is 6.07 Å². The third-order valence-electron chi connectivity index (χ3n) is 2.99. The van der Waals surface area contributed by atoms with E-state index in [-0.39, 0.29) is 17.5 Å². The van der Waals surface area contributed by atoms with Crippen molar-refractivity contribution >= 4 is 11.6 Å². The molecule has 18 heavy (non-hydrogen) atoms. The van der Waals surface area contributed by atoms with Crippen LogP contribution in [-0.4, -0.2) is 18.5 Å². The molecule has 94 valence electrons. The summed E-state index contributed by atoms with van der Waals surface area (Å²) in [5.41, 5.74) is 0.496. The van der Waals surface area contributed by atoms with E-state index < -0.39 is 5.82 Å². The van der Waals surface area contributed by atoms with Gasteiger partial charge in [-0.05, 0) is 37.6 Å². The van der Waals surface area contributed by atoms with E-state index >= 15 is 0 Å². The number of amides is 1. The molecule has 1 fully saturated rings. The lowest BCUT2D eigenvalue weighted by atomic mass is 10.0. The SMILES string of the molecule is N#Cc1cc(F)ccc1NC(=O)[C@H]1CCCCN1. The maximum atomic E-state index is 13.0. The van der Waals surface area contributed by atoms with Crippen LogP contribution in [0, 0.1) is 17.1 Å². The number of anilines is 1. The van der Waals surface area contributed by atoms with Crippen molar-refractivity contribution in [2.75, 3.05) is 11.9 Å². The van der Waals surface area contributed by atoms with Crippen molar-refractivity contribution in [1.29, 1.82) is 5.26 Å². The number of carbonyl (C=O) groups excluding carboxylic acids is 1. The van der Waals surface area contributed by atoms with Gasteiger partial charge >= 0.3 is 0 Å². The first-order valence-electron chi connectivity index (χ1n) is 5.94. The smallest absolute Gasteiger partial charge is 0.241 e. The van der Waals surface area contributed by atoms with Crippen molar-refractivity contribution in [3.05, 3.63) is 29.6 Å². The number of benzene rings is 1. The highest BCUT2D eigenvalue weighted by molar-refractivity contribution is 5.96. The van der Waals surface area contributed by atoms with Crippen molar-refractivity contribution in [2.45, 2.75) is 25.3 Å². The van der Waals surface area contributed by atoms with Gasteiger partial charge in [-0.15, -0.1) is 0 Å². The molecule has 1 atom stereocenters. The van der Waals surface area contributed by atoms with Gasteiger partial charge in [0, 0.05) is 0 Å². The van der Waals surface area contributed by atoms with Gasteiger partial charge < -0.3 is 10.6 Å². The predicted molar refractivity (Wildman–Crippen MR) is 65.4 cm³/mol. The highest BCUT2D eigenvalue weighted by atomic mass is 19.1. The van der Waals surface area contributed by atoms with Crippen LogP contribution in [0.4, 0.5) is 10.1 Å². The van der Waals surface area contributed by atoms with Crippen molar-refractivity contribution < 1.29 is 9.18 Å². The summed E-state index contributed by atoms with van der Waals surface area (Å²) in [4.78, 5) is 11.9. The van der Waals surface area contributed by atoms with Gasteiger partial charge in [-0.3, -0.25) is 4.79 Å². The number of hydrogen-bond acceptors (Lipinski definition) is 3. The molecule has 1 saturated heterocycles. The molecule has 2 rings (SSSR count). The molecule has 2 N–H and O–H groups in total. The molecule has 0 aliphatic carbocycles. The molecule has 1 aromatic rings. The number of carbonyl (C=O) groups is 1. The minimum atomic E-state index is -0.486. The molecular weight excluding hydrogens is 233 g/mol. The van der Waals surface area contributed by atoms with Crippen LogP contribution >= 0.6 is 0 Å². The van der Waals surface area contributed by atoms with E-state index in [2.05, 4.69) is 10.6 Å². The molecule has 0 unspecified atom stereocenters. The van der Waals surface area contributed by atoms with Gasteiger partial charge in [-0.2, -0.15) is 5.26 Å². The van der Waals surface area contributed by atoms with Crippen molar-refractivity contribution in [3.63, 3.8) is 0 Å². The fourth-order valence-corrected chi connectivity index (χ4v) is 2.01. The van der Waals surface area contributed by atoms with Gasteiger partial charge in [0.15, 0.2) is 0 Å². The molecule has 1 aliphatic rings. The summed E-state index contributed by atoms with van der Waals surface area (Å²) in [6.07, 6.45) is 2.87. The van der Waals surface area contributed by atoms with Crippen LogP contribution in [0.5, 0.6) is 0 Å². The average molecular weight is 247 g/mol. The van der Waals surface area contributed by atoms with Crippen LogP contribution < -0.4 is 10.6 Å². The Morgan fingerprint density at radius 1 is 1.50 bits per heavy atom. The first-order valence-corrected chi connectivity index (χ1v) is 5.94. The zero-order chi connectivity index (χ0) is 13.0. The highest BCUT2D eigenvalue weighted by Crippen LogP contribution is 2.17. The summed E-state index contributed by atoms with van der Waals surface area (Å²) in [7, 11) is 0. The summed E-state index contributed by atoms with van der Waals surface area (Å²) in [5.74, 6) is -0.654. The Balaban J connectivity index is 2.09. The van der Waals surface area contributed by atoms with Crippen LogP contribution in [0.25, 0.3) is 0 Å². The number of halogens is 1. The second kappa shape index (κ2) is 5.61. The second-order valence-electron chi connectivity index (χ2n) is 4.29. The average Bonchev–Trinajstić information content (AvgIpc) is 2.41. The van der Waals surface area contributed by atoms with E-state index in [1.54, 1.807) is 0 Å². The number of rotatable bonds is 2. The van der Waals surface area contributed by atoms with Crippen LogP contribution in [0.15, 0.2) is 18.2 Å². The van der Waals surface area contributed by atoms with Crippen molar-refractivity contribution in [2.24, 2.45) is 0 Å². The number of nitriles is 1. The second-order valence-corrected chi connectivity index (χ2v) is 4.29. The Bertz CT molecular complexity index is 489. The molecule has 4 nitrogen and oxygen atoms in total. The zero-order valence-electron chi connectivity index (χ0n) is 9.87. The Hall–Kier alpha value is -1.93. The molecule has 0 bridgehead atoms. The minimum Gasteiger partial charge on any atom is -0.324 e. The van der Waals surface area contributed by atoms with E-state index in [4.69, 9.17) is 5.26 Å². The Morgan fingerprint density at radius 2 is 2.33 bits per heavy atom. The highest BCUT2D eigenvalue weighted by Gasteiger charge is 2.21. The van der Waals surface area contributed by atoms with E-state index in [9.17, 15) is 9.18 Å². The lowest BCUT2D eigenvalue weighted by molar-refractivity contribution is -0.118. The molecule has 1 aromatic carbocycles. The molecule has 0 spiro atoms. The number of nitrogens with one attached hydrogen (secondary N) is 2. The summed E-state index contributed by atoms with van der Waals surface area (Å²) in [6, 6.07) is 5.40. The van der Waals surface area contributed by atoms with Crippen LogP contribution in [0.1, 0.15) is 24.8 Å². The van der Waals surface area contributed by atoms with Crippen LogP contribution in [-0.2, 0) is 4.79 Å². The third kappa shape index (κ3) is 2.84. The maximum absolute atomic E-state index is 13.0. The predicted octanol–water partition coefficient (Wildman–Crippen LogP) is 1.78. The summed E-state index contributed by atoms with van der Waals surface area (Å²) >= 11 is 0. The molecule has 1 aliphatic heterocycles. The zero-order valence-corrected chi connectivity index (χ0v) is 9.87. The van der Waals surface area contributed by atoms with Crippen molar-refractivity contribution in [1.82, 2.24) is 5.32 Å². The number of nitrogens with zero attached hydrogens (tertiary/aromatic N) is 1. The number of hydrogen-bond donors (Lipinski definition) is 2. The van der Waals surface area contributed by atoms with Gasteiger partial charge in [0.2, 0.25) is 5.91 Å². The molecule has 1 heterocycles. The molecule has 1 amide bonds. The quantitative estimate of drug-likeness (QED) is 0.837. The standard InChI is InChI=1S/C13H14FN3O/c14-10-4-5-11(9(7-10)8-15)17-13(18)12-3-1-2-6-16-12/h4-5,7,12,16H,1-3,6H2,(H,17,18)/t12-/m1/s1. The molecule has 0 radical (unpaired) electrons. The van der Waals surface area contributed by atoms with E-state index in [0.29, 0.717) is 5.69 Å². The van der Waals surface area contributed by atoms with Crippen molar-refractivity contribution in [3.8, 4) is 6.07 Å². The lowest BCUT2D eigenvalue weighted by Crippen LogP contribution is -2.43. The summed E-state index contributed by atoms with van der Waals surface area (Å²) in [5, 5.41) is 14.7. The lowest BCUT2D eigenvalue weighted by Gasteiger charge is -2.22. The largest absolute Gasteiger partial charge is 0.324 e. The third-order valence-corrected chi connectivity index (χ3v) is 2.99. The Labute approximate surface area is 105 Å². The topological polar surface area (TPSA) is 64.9 Å². The van der Waals surface area contributed by atoms with Gasteiger partial charge in [0.25, 0.3) is 0 Å². The molecule has 0 aromatic heterocycles. The van der Waals surface area contributed by atoms with Crippen LogP contribution in [0.3, 0.4) is 0 Å². The number of piperidine rings is 1. The van der Waals surface area contributed by atoms with E-state index in [0.717, 1.165) is 31.9 Å². The fraction of sp³-hybridized carbons (Fsp3) is 0.385. The first-order chi connectivity index (χ1) is 8.70. The fourth-order valence-electron chi connectivity index (χ4n) is 2.01. The minimum absolute atomic E-state index is 0.138. The monoisotopic (exact) mass is 247 g/mol. The van der Waals surface area contributed by atoms with Gasteiger partial charge in [0.1, 0.15) is 11.9 Å². The molecule has 0 saturated carbocycles. The Kier molecular flexibility index (Phi) is 3.90. The summed E-state index contributed by atoms with van der Waals surface area (Å²) in [6.45, 7) is 0.826. The van der Waals surface area contributed by atoms with Gasteiger partial charge in [-0.1, -0.05) is 6.42 Å². The normalized spacial score (nSPS) is 19.0. The first kappa shape index (κ1) is 12.5. The molecule has 5 heteroatoms.